The summed E-state index contributed by atoms with van der Waals surface area (Å²) in [6.07, 6.45) is 1.65. The first kappa shape index (κ1) is 12.0. The third kappa shape index (κ3) is 1.58. The van der Waals surface area contributed by atoms with Gasteiger partial charge >= 0.3 is 0 Å². The third-order valence-corrected chi connectivity index (χ3v) is 3.97. The molecule has 0 fully saturated rings. The molecule has 8 nitrogen and oxygen atoms in total. The Balaban J connectivity index is 1.88. The van der Waals surface area contributed by atoms with Crippen LogP contribution in [-0.2, 0) is 16.8 Å². The zero-order valence-electron chi connectivity index (χ0n) is 11.6. The van der Waals surface area contributed by atoms with Crippen LogP contribution in [0.4, 0.5) is 5.69 Å². The Morgan fingerprint density at radius 3 is 2.95 bits per heavy atom. The number of hydrogen-bond donors (Lipinski definition) is 2. The van der Waals surface area contributed by atoms with Gasteiger partial charge < -0.3 is 9.88 Å². The maximum atomic E-state index is 12.7. The van der Waals surface area contributed by atoms with Crippen LogP contribution in [-0.4, -0.2) is 36.5 Å². The Bertz CT molecular complexity index is 833. The number of aromatic amines is 2. The van der Waals surface area contributed by atoms with Gasteiger partial charge in [0, 0.05) is 0 Å². The van der Waals surface area contributed by atoms with E-state index in [4.69, 9.17) is 0 Å². The third-order valence-electron chi connectivity index (χ3n) is 3.97. The average molecular weight is 283 g/mol. The Morgan fingerprint density at radius 2 is 2.19 bits per heavy atom. The number of rotatable bonds is 2. The van der Waals surface area contributed by atoms with Gasteiger partial charge in [-0.2, -0.15) is 5.21 Å². The number of nitrogens with zero attached hydrogens (tertiary/aromatic N) is 5. The molecule has 0 bridgehead atoms. The summed E-state index contributed by atoms with van der Waals surface area (Å²) in [5, 5.41) is 13.8. The number of tetrazole rings is 1. The highest BCUT2D eigenvalue weighted by atomic mass is 16.2. The maximum Gasteiger partial charge on any atom is 0.237 e. The standard InChI is InChI=1S/C13H13N7O/c1-13(2)7-3-8-9(15-6-14-8)4-10(7)20(12(13)21)5-11-16-18-19-17-11/h3-4,6H,5H2,1-2H3,(H,14,15)(H,16,17,18,19). The lowest BCUT2D eigenvalue weighted by Crippen LogP contribution is -2.36. The van der Waals surface area contributed by atoms with E-state index in [2.05, 4.69) is 30.6 Å². The zero-order chi connectivity index (χ0) is 14.6. The van der Waals surface area contributed by atoms with Crippen molar-refractivity contribution < 1.29 is 4.79 Å². The smallest absolute Gasteiger partial charge is 0.237 e. The summed E-state index contributed by atoms with van der Waals surface area (Å²) in [5.41, 5.74) is 3.01. The van der Waals surface area contributed by atoms with Gasteiger partial charge in [-0.15, -0.1) is 10.2 Å². The number of benzene rings is 1. The summed E-state index contributed by atoms with van der Waals surface area (Å²) >= 11 is 0. The van der Waals surface area contributed by atoms with Crippen molar-refractivity contribution in [2.24, 2.45) is 0 Å². The Labute approximate surface area is 119 Å². The van der Waals surface area contributed by atoms with Crippen molar-refractivity contribution in [2.45, 2.75) is 25.8 Å². The quantitative estimate of drug-likeness (QED) is 0.727. The van der Waals surface area contributed by atoms with E-state index in [1.165, 1.54) is 0 Å². The van der Waals surface area contributed by atoms with Crippen molar-refractivity contribution in [3.05, 3.63) is 29.8 Å². The lowest BCUT2D eigenvalue weighted by Gasteiger charge is -2.18. The Hall–Kier alpha value is -2.77. The maximum absolute atomic E-state index is 12.7. The first-order valence-corrected chi connectivity index (χ1v) is 6.59. The van der Waals surface area contributed by atoms with Crippen LogP contribution in [0.25, 0.3) is 11.0 Å². The molecule has 8 heteroatoms. The normalized spacial score (nSPS) is 16.7. The summed E-state index contributed by atoms with van der Waals surface area (Å²) in [5.74, 6) is 0.504. The van der Waals surface area contributed by atoms with E-state index in [0.29, 0.717) is 12.4 Å². The SMILES string of the molecule is CC1(C)C(=O)N(Cc2nn[nH]n2)c2cc3nc[nH]c3cc21. The minimum Gasteiger partial charge on any atom is -0.345 e. The van der Waals surface area contributed by atoms with Crippen LogP contribution in [0, 0.1) is 0 Å². The lowest BCUT2D eigenvalue weighted by atomic mass is 9.86. The first-order chi connectivity index (χ1) is 10.1. The highest BCUT2D eigenvalue weighted by Crippen LogP contribution is 2.43. The highest BCUT2D eigenvalue weighted by Gasteiger charge is 2.44. The second-order valence-corrected chi connectivity index (χ2v) is 5.63. The molecule has 0 aliphatic carbocycles. The van der Waals surface area contributed by atoms with Crippen molar-refractivity contribution in [2.75, 3.05) is 4.90 Å². The molecule has 3 aromatic rings. The lowest BCUT2D eigenvalue weighted by molar-refractivity contribution is -0.122. The molecule has 0 spiro atoms. The molecular weight excluding hydrogens is 270 g/mol. The number of fused-ring (bicyclic) bond motifs is 2. The molecule has 1 aromatic carbocycles. The van der Waals surface area contributed by atoms with Crippen molar-refractivity contribution in [3.8, 4) is 0 Å². The summed E-state index contributed by atoms with van der Waals surface area (Å²) < 4.78 is 0. The van der Waals surface area contributed by atoms with Gasteiger partial charge in [0.15, 0.2) is 5.82 Å². The summed E-state index contributed by atoms with van der Waals surface area (Å²) in [4.78, 5) is 21.7. The molecule has 3 heterocycles. The van der Waals surface area contributed by atoms with Crippen molar-refractivity contribution >= 4 is 22.6 Å². The van der Waals surface area contributed by atoms with Crippen LogP contribution >= 0.6 is 0 Å². The van der Waals surface area contributed by atoms with Crippen LogP contribution in [0.5, 0.6) is 0 Å². The molecule has 21 heavy (non-hydrogen) atoms. The van der Waals surface area contributed by atoms with Gasteiger partial charge in [0.2, 0.25) is 5.91 Å². The van der Waals surface area contributed by atoms with E-state index in [0.717, 1.165) is 22.3 Å². The fourth-order valence-electron chi connectivity index (χ4n) is 2.80. The molecule has 1 aliphatic heterocycles. The molecule has 2 N–H and O–H groups in total. The molecule has 106 valence electrons. The average Bonchev–Trinajstić information content (AvgIpc) is 3.15. The van der Waals surface area contributed by atoms with E-state index in [-0.39, 0.29) is 5.91 Å². The zero-order valence-corrected chi connectivity index (χ0v) is 11.6. The monoisotopic (exact) mass is 283 g/mol. The molecule has 4 rings (SSSR count). The number of nitrogens with one attached hydrogen (secondary N) is 2. The molecule has 0 atom stereocenters. The highest BCUT2D eigenvalue weighted by molar-refractivity contribution is 6.09. The Kier molecular flexibility index (Phi) is 2.21. The van der Waals surface area contributed by atoms with Gasteiger partial charge in [0.05, 0.1) is 35.0 Å². The Morgan fingerprint density at radius 1 is 1.33 bits per heavy atom. The molecule has 0 unspecified atom stereocenters. The minimum atomic E-state index is -0.585. The molecule has 0 radical (unpaired) electrons. The fourth-order valence-corrected chi connectivity index (χ4v) is 2.80. The number of carbonyl (C=O) groups excluding carboxylic acids is 1. The predicted octanol–water partition coefficient (Wildman–Crippen LogP) is 0.900. The van der Waals surface area contributed by atoms with E-state index in [9.17, 15) is 4.79 Å². The van der Waals surface area contributed by atoms with Gasteiger partial charge in [-0.1, -0.05) is 5.21 Å². The first-order valence-electron chi connectivity index (χ1n) is 6.59. The van der Waals surface area contributed by atoms with Gasteiger partial charge in [0.1, 0.15) is 0 Å². The second-order valence-electron chi connectivity index (χ2n) is 5.63. The molecule has 1 aliphatic rings. The van der Waals surface area contributed by atoms with E-state index in [1.54, 1.807) is 11.2 Å². The minimum absolute atomic E-state index is 0.0231. The molecule has 0 saturated carbocycles. The predicted molar refractivity (Wildman–Crippen MR) is 74.5 cm³/mol. The number of imidazole rings is 1. The molecular formula is C13H13N7O. The summed E-state index contributed by atoms with van der Waals surface area (Å²) in [7, 11) is 0. The van der Waals surface area contributed by atoms with Gasteiger partial charge in [-0.3, -0.25) is 4.79 Å². The van der Waals surface area contributed by atoms with Crippen LogP contribution in [0.1, 0.15) is 25.2 Å². The topological polar surface area (TPSA) is 103 Å². The van der Waals surface area contributed by atoms with Crippen LogP contribution in [0.15, 0.2) is 18.5 Å². The van der Waals surface area contributed by atoms with Crippen molar-refractivity contribution in [1.29, 1.82) is 0 Å². The number of aromatic nitrogens is 6. The molecule has 2 aromatic heterocycles. The number of hydrogen-bond acceptors (Lipinski definition) is 5. The van der Waals surface area contributed by atoms with Gasteiger partial charge in [0.25, 0.3) is 0 Å². The molecule has 0 saturated heterocycles. The van der Waals surface area contributed by atoms with Crippen LogP contribution in [0.3, 0.4) is 0 Å². The number of H-pyrrole nitrogens is 2. The summed E-state index contributed by atoms with van der Waals surface area (Å²) in [6, 6.07) is 3.92. The fraction of sp³-hybridized carbons (Fsp3) is 0.308. The number of amides is 1. The van der Waals surface area contributed by atoms with Crippen LogP contribution < -0.4 is 4.90 Å². The summed E-state index contributed by atoms with van der Waals surface area (Å²) in [6.45, 7) is 4.14. The molecule has 1 amide bonds. The second kappa shape index (κ2) is 3.87. The number of carbonyl (C=O) groups is 1. The largest absolute Gasteiger partial charge is 0.345 e. The van der Waals surface area contributed by atoms with Crippen LogP contribution in [0.2, 0.25) is 0 Å². The van der Waals surface area contributed by atoms with E-state index >= 15 is 0 Å². The number of anilines is 1. The van der Waals surface area contributed by atoms with Gasteiger partial charge in [-0.25, -0.2) is 4.98 Å². The van der Waals surface area contributed by atoms with Crippen molar-refractivity contribution in [3.63, 3.8) is 0 Å². The van der Waals surface area contributed by atoms with E-state index in [1.807, 2.05) is 26.0 Å². The van der Waals surface area contributed by atoms with E-state index < -0.39 is 5.41 Å². The van der Waals surface area contributed by atoms with Crippen molar-refractivity contribution in [1.82, 2.24) is 30.6 Å². The van der Waals surface area contributed by atoms with Gasteiger partial charge in [-0.05, 0) is 31.5 Å².